The third-order valence-electron chi connectivity index (χ3n) is 5.92. The SMILES string of the molecule is C[C@H]1c2cccc(C(O)(CF)CF)c2CCN1C(=O)Cc1c(Cl)cnc2n[nH]c(Cl)c12. The Hall–Kier alpha value is -2.29. The van der Waals surface area contributed by atoms with E-state index in [1.54, 1.807) is 11.0 Å². The second kappa shape index (κ2) is 8.33. The molecule has 0 aliphatic carbocycles. The maximum Gasteiger partial charge on any atom is 0.227 e. The highest BCUT2D eigenvalue weighted by Gasteiger charge is 2.36. The Balaban J connectivity index is 1.65. The lowest BCUT2D eigenvalue weighted by Gasteiger charge is -2.38. The van der Waals surface area contributed by atoms with Crippen molar-refractivity contribution in [3.8, 4) is 0 Å². The van der Waals surface area contributed by atoms with Gasteiger partial charge >= 0.3 is 0 Å². The highest BCUT2D eigenvalue weighted by molar-refractivity contribution is 6.36. The molecular formula is C21H20Cl2F2N4O2. The Kier molecular flexibility index (Phi) is 5.89. The van der Waals surface area contributed by atoms with Gasteiger partial charge in [-0.2, -0.15) is 5.10 Å². The van der Waals surface area contributed by atoms with Crippen LogP contribution in [0.2, 0.25) is 10.2 Å². The minimum atomic E-state index is -2.18. The van der Waals surface area contributed by atoms with E-state index >= 15 is 0 Å². The lowest BCUT2D eigenvalue weighted by atomic mass is 9.83. The smallest absolute Gasteiger partial charge is 0.227 e. The summed E-state index contributed by atoms with van der Waals surface area (Å²) >= 11 is 12.5. The molecule has 2 N–H and O–H groups in total. The van der Waals surface area contributed by atoms with Crippen molar-refractivity contribution in [3.05, 3.63) is 56.8 Å². The molecule has 4 rings (SSSR count). The summed E-state index contributed by atoms with van der Waals surface area (Å²) in [5.74, 6) is -0.179. The molecule has 1 amide bonds. The van der Waals surface area contributed by atoms with Gasteiger partial charge in [0.1, 0.15) is 24.1 Å². The van der Waals surface area contributed by atoms with Crippen LogP contribution in [0.25, 0.3) is 11.0 Å². The summed E-state index contributed by atoms with van der Waals surface area (Å²) in [4.78, 5) is 19.0. The van der Waals surface area contributed by atoms with Crippen molar-refractivity contribution in [2.45, 2.75) is 31.4 Å². The van der Waals surface area contributed by atoms with Gasteiger partial charge in [-0.25, -0.2) is 13.8 Å². The lowest BCUT2D eigenvalue weighted by molar-refractivity contribution is -0.133. The first-order chi connectivity index (χ1) is 14.8. The molecule has 0 fully saturated rings. The molecule has 164 valence electrons. The van der Waals surface area contributed by atoms with Gasteiger partial charge in [-0.1, -0.05) is 41.4 Å². The summed E-state index contributed by atoms with van der Waals surface area (Å²) in [5, 5.41) is 18.1. The lowest BCUT2D eigenvalue weighted by Crippen LogP contribution is -2.41. The zero-order valence-electron chi connectivity index (χ0n) is 16.6. The number of carbonyl (C=O) groups excluding carboxylic acids is 1. The van der Waals surface area contributed by atoms with Crippen LogP contribution in [0.15, 0.2) is 24.4 Å². The van der Waals surface area contributed by atoms with Gasteiger partial charge in [-0.3, -0.25) is 9.89 Å². The summed E-state index contributed by atoms with van der Waals surface area (Å²) in [6.07, 6.45) is 1.80. The van der Waals surface area contributed by atoms with Crippen LogP contribution in [0, 0.1) is 0 Å². The fraction of sp³-hybridized carbons (Fsp3) is 0.381. The number of aromatic amines is 1. The van der Waals surface area contributed by atoms with Crippen LogP contribution < -0.4 is 0 Å². The third kappa shape index (κ3) is 3.66. The molecular weight excluding hydrogens is 449 g/mol. The number of alkyl halides is 2. The van der Waals surface area contributed by atoms with E-state index in [4.69, 9.17) is 23.2 Å². The van der Waals surface area contributed by atoms with Crippen LogP contribution in [-0.4, -0.2) is 51.0 Å². The first-order valence-electron chi connectivity index (χ1n) is 9.73. The summed E-state index contributed by atoms with van der Waals surface area (Å²) in [6.45, 7) is -0.264. The maximum atomic E-state index is 13.4. The maximum absolute atomic E-state index is 13.4. The molecule has 1 aliphatic rings. The number of amides is 1. The average Bonchev–Trinajstić information content (AvgIpc) is 3.16. The van der Waals surface area contributed by atoms with E-state index in [9.17, 15) is 18.7 Å². The first kappa shape index (κ1) is 21.9. The summed E-state index contributed by atoms with van der Waals surface area (Å²) in [5.41, 5.74) is 0.398. The van der Waals surface area contributed by atoms with E-state index in [0.717, 1.165) is 5.56 Å². The fourth-order valence-electron chi connectivity index (χ4n) is 4.24. The zero-order valence-corrected chi connectivity index (χ0v) is 18.1. The number of halogens is 4. The molecule has 3 aromatic rings. The molecule has 1 aromatic carbocycles. The van der Waals surface area contributed by atoms with Gasteiger partial charge in [-0.15, -0.1) is 0 Å². The van der Waals surface area contributed by atoms with E-state index in [2.05, 4.69) is 15.2 Å². The number of benzene rings is 1. The number of nitrogens with one attached hydrogen (secondary N) is 1. The third-order valence-corrected chi connectivity index (χ3v) is 6.52. The Morgan fingerprint density at radius 2 is 2.10 bits per heavy atom. The molecule has 0 unspecified atom stereocenters. The van der Waals surface area contributed by atoms with Gasteiger partial charge in [0.05, 0.1) is 22.9 Å². The van der Waals surface area contributed by atoms with Gasteiger partial charge in [-0.05, 0) is 35.6 Å². The number of aromatic nitrogens is 3. The van der Waals surface area contributed by atoms with Crippen LogP contribution in [-0.2, 0) is 23.2 Å². The molecule has 0 bridgehead atoms. The minimum absolute atomic E-state index is 0.00460. The summed E-state index contributed by atoms with van der Waals surface area (Å²) in [6, 6.07) is 4.64. The van der Waals surface area contributed by atoms with Crippen LogP contribution >= 0.6 is 23.2 Å². The second-order valence-corrected chi connectivity index (χ2v) is 8.47. The monoisotopic (exact) mass is 468 g/mol. The quantitative estimate of drug-likeness (QED) is 0.590. The number of carbonyl (C=O) groups is 1. The van der Waals surface area contributed by atoms with Crippen molar-refractivity contribution in [2.75, 3.05) is 19.9 Å². The summed E-state index contributed by atoms with van der Waals surface area (Å²) < 4.78 is 26.8. The number of hydrogen-bond acceptors (Lipinski definition) is 4. The van der Waals surface area contributed by atoms with Crippen molar-refractivity contribution in [2.24, 2.45) is 0 Å². The molecule has 0 saturated carbocycles. The number of fused-ring (bicyclic) bond motifs is 2. The molecule has 10 heteroatoms. The van der Waals surface area contributed by atoms with Gasteiger partial charge < -0.3 is 10.0 Å². The second-order valence-electron chi connectivity index (χ2n) is 7.68. The standard InChI is InChI=1S/C21H20Cl2F2N4O2/c1-11-12-3-2-4-15(21(31,9-24)10-25)13(12)5-6-29(11)17(30)7-14-16(22)8-26-20-18(14)19(23)27-28-20/h2-4,8,11,31H,5-7,9-10H2,1H3,(H,26,27,28)/t11-/m0/s1. The first-order valence-corrected chi connectivity index (χ1v) is 10.5. The minimum Gasteiger partial charge on any atom is -0.380 e. The van der Waals surface area contributed by atoms with Crippen LogP contribution in [0.5, 0.6) is 0 Å². The number of rotatable bonds is 5. The van der Waals surface area contributed by atoms with Crippen molar-refractivity contribution in [3.63, 3.8) is 0 Å². The Bertz CT molecular complexity index is 1150. The van der Waals surface area contributed by atoms with Crippen LogP contribution in [0.3, 0.4) is 0 Å². The average molecular weight is 469 g/mol. The molecule has 0 saturated heterocycles. The van der Waals surface area contributed by atoms with E-state index in [0.29, 0.717) is 40.1 Å². The molecule has 1 atom stereocenters. The van der Waals surface area contributed by atoms with Crippen molar-refractivity contribution in [1.29, 1.82) is 0 Å². The number of nitrogens with zero attached hydrogens (tertiary/aromatic N) is 3. The number of pyridine rings is 1. The predicted molar refractivity (Wildman–Crippen MR) is 114 cm³/mol. The largest absolute Gasteiger partial charge is 0.380 e. The van der Waals surface area contributed by atoms with E-state index in [-0.39, 0.29) is 29.1 Å². The molecule has 0 spiro atoms. The van der Waals surface area contributed by atoms with Gasteiger partial charge in [0.2, 0.25) is 5.91 Å². The number of H-pyrrole nitrogens is 1. The predicted octanol–water partition coefficient (Wildman–Crippen LogP) is 4.08. The Labute approximate surface area is 187 Å². The highest BCUT2D eigenvalue weighted by Crippen LogP contribution is 2.37. The van der Waals surface area contributed by atoms with E-state index in [1.807, 2.05) is 13.0 Å². The molecule has 0 radical (unpaired) electrons. The van der Waals surface area contributed by atoms with Crippen molar-refractivity contribution < 1.29 is 18.7 Å². The number of hydrogen-bond donors (Lipinski definition) is 2. The normalized spacial score (nSPS) is 16.6. The van der Waals surface area contributed by atoms with Gasteiger partial charge in [0.25, 0.3) is 0 Å². The van der Waals surface area contributed by atoms with Crippen molar-refractivity contribution >= 4 is 40.1 Å². The summed E-state index contributed by atoms with van der Waals surface area (Å²) in [7, 11) is 0. The van der Waals surface area contributed by atoms with Crippen LogP contribution in [0.1, 0.15) is 35.2 Å². The molecule has 1 aliphatic heterocycles. The fourth-order valence-corrected chi connectivity index (χ4v) is 4.69. The Morgan fingerprint density at radius 3 is 2.81 bits per heavy atom. The van der Waals surface area contributed by atoms with Gasteiger partial charge in [0.15, 0.2) is 5.65 Å². The van der Waals surface area contributed by atoms with E-state index in [1.165, 1.54) is 12.3 Å². The molecule has 2 aromatic heterocycles. The zero-order chi connectivity index (χ0) is 22.3. The molecule has 3 heterocycles. The van der Waals surface area contributed by atoms with Gasteiger partial charge in [0, 0.05) is 12.7 Å². The van der Waals surface area contributed by atoms with Crippen LogP contribution in [0.4, 0.5) is 8.78 Å². The molecule has 6 nitrogen and oxygen atoms in total. The number of aliphatic hydroxyl groups is 1. The van der Waals surface area contributed by atoms with Crippen molar-refractivity contribution in [1.82, 2.24) is 20.1 Å². The molecule has 31 heavy (non-hydrogen) atoms. The highest BCUT2D eigenvalue weighted by atomic mass is 35.5. The Morgan fingerprint density at radius 1 is 1.35 bits per heavy atom. The topological polar surface area (TPSA) is 82.1 Å². The van der Waals surface area contributed by atoms with E-state index < -0.39 is 19.0 Å².